The van der Waals surface area contributed by atoms with Crippen LogP contribution in [0.3, 0.4) is 0 Å². The predicted octanol–water partition coefficient (Wildman–Crippen LogP) is 0.429. The highest BCUT2D eigenvalue weighted by molar-refractivity contribution is 5.87. The monoisotopic (exact) mass is 230 g/mol. The quantitative estimate of drug-likeness (QED) is 0.648. The second-order valence-electron chi connectivity index (χ2n) is 3.91. The molecule has 0 saturated heterocycles. The van der Waals surface area contributed by atoms with Crippen LogP contribution in [0.25, 0.3) is 0 Å². The van der Waals surface area contributed by atoms with Gasteiger partial charge in [-0.25, -0.2) is 4.79 Å². The van der Waals surface area contributed by atoms with Crippen molar-refractivity contribution in [1.82, 2.24) is 5.32 Å². The van der Waals surface area contributed by atoms with Crippen molar-refractivity contribution in [3.63, 3.8) is 0 Å². The van der Waals surface area contributed by atoms with E-state index in [1.54, 1.807) is 6.92 Å². The number of hydrogen-bond acceptors (Lipinski definition) is 4. The Kier molecular flexibility index (Phi) is 6.03. The molecule has 1 unspecified atom stereocenters. The standard InChI is InChI=1S/C11H22N2O3/c1-5-11(6-2,7-12)10(15)13-8(3)9(14)16-4/h8H,5-7,12H2,1-4H3,(H,13,15). The number of ether oxygens (including phenoxy) is 1. The molecule has 5 nitrogen and oxygen atoms in total. The van der Waals surface area contributed by atoms with E-state index in [0.717, 1.165) is 0 Å². The van der Waals surface area contributed by atoms with E-state index in [2.05, 4.69) is 10.1 Å². The number of methoxy groups -OCH3 is 1. The number of rotatable bonds is 6. The van der Waals surface area contributed by atoms with Crippen molar-refractivity contribution in [2.75, 3.05) is 13.7 Å². The lowest BCUT2D eigenvalue weighted by Crippen LogP contribution is -2.50. The molecule has 0 bridgehead atoms. The third kappa shape index (κ3) is 3.20. The Balaban J connectivity index is 4.60. The molecular weight excluding hydrogens is 208 g/mol. The van der Waals surface area contributed by atoms with Crippen molar-refractivity contribution in [2.24, 2.45) is 11.1 Å². The molecule has 0 rings (SSSR count). The van der Waals surface area contributed by atoms with E-state index in [4.69, 9.17) is 5.73 Å². The zero-order valence-electron chi connectivity index (χ0n) is 10.5. The molecule has 0 radical (unpaired) electrons. The molecular formula is C11H22N2O3. The van der Waals surface area contributed by atoms with Gasteiger partial charge in [-0.3, -0.25) is 4.79 Å². The van der Waals surface area contributed by atoms with Crippen LogP contribution in [0.15, 0.2) is 0 Å². The second kappa shape index (κ2) is 6.48. The first kappa shape index (κ1) is 14.9. The van der Waals surface area contributed by atoms with Crippen molar-refractivity contribution in [1.29, 1.82) is 0 Å². The summed E-state index contributed by atoms with van der Waals surface area (Å²) >= 11 is 0. The Morgan fingerprint density at radius 3 is 2.19 bits per heavy atom. The third-order valence-electron chi connectivity index (χ3n) is 3.13. The Morgan fingerprint density at radius 2 is 1.88 bits per heavy atom. The molecule has 0 aliphatic carbocycles. The first-order valence-electron chi connectivity index (χ1n) is 5.56. The molecule has 1 amide bonds. The largest absolute Gasteiger partial charge is 0.467 e. The zero-order valence-corrected chi connectivity index (χ0v) is 10.5. The maximum Gasteiger partial charge on any atom is 0.328 e. The number of nitrogens with two attached hydrogens (primary N) is 1. The van der Waals surface area contributed by atoms with E-state index in [1.807, 2.05) is 13.8 Å². The van der Waals surface area contributed by atoms with Gasteiger partial charge in [0.05, 0.1) is 12.5 Å². The molecule has 0 aliphatic heterocycles. The maximum atomic E-state index is 12.0. The van der Waals surface area contributed by atoms with E-state index in [-0.39, 0.29) is 12.5 Å². The number of carbonyl (C=O) groups excluding carboxylic acids is 2. The molecule has 5 heteroatoms. The van der Waals surface area contributed by atoms with Gasteiger partial charge in [0.15, 0.2) is 0 Å². The van der Waals surface area contributed by atoms with Crippen LogP contribution in [0.1, 0.15) is 33.6 Å². The molecule has 0 aromatic heterocycles. The van der Waals surface area contributed by atoms with Gasteiger partial charge in [0.25, 0.3) is 0 Å². The van der Waals surface area contributed by atoms with Crippen molar-refractivity contribution in [3.8, 4) is 0 Å². The minimum atomic E-state index is -0.637. The molecule has 0 aromatic rings. The summed E-state index contributed by atoms with van der Waals surface area (Å²) in [6, 6.07) is -0.637. The van der Waals surface area contributed by atoms with Crippen LogP contribution in [0.2, 0.25) is 0 Å². The highest BCUT2D eigenvalue weighted by atomic mass is 16.5. The smallest absolute Gasteiger partial charge is 0.328 e. The lowest BCUT2D eigenvalue weighted by Gasteiger charge is -2.29. The van der Waals surface area contributed by atoms with Gasteiger partial charge >= 0.3 is 5.97 Å². The molecule has 0 saturated carbocycles. The first-order valence-corrected chi connectivity index (χ1v) is 5.56. The second-order valence-corrected chi connectivity index (χ2v) is 3.91. The zero-order chi connectivity index (χ0) is 12.8. The van der Waals surface area contributed by atoms with Crippen molar-refractivity contribution >= 4 is 11.9 Å². The topological polar surface area (TPSA) is 81.4 Å². The van der Waals surface area contributed by atoms with Crippen LogP contribution < -0.4 is 11.1 Å². The summed E-state index contributed by atoms with van der Waals surface area (Å²) < 4.78 is 4.54. The van der Waals surface area contributed by atoms with Gasteiger partial charge in [0.2, 0.25) is 5.91 Å². The van der Waals surface area contributed by atoms with Gasteiger partial charge in [-0.1, -0.05) is 13.8 Å². The number of nitrogens with one attached hydrogen (secondary N) is 1. The first-order chi connectivity index (χ1) is 7.47. The van der Waals surface area contributed by atoms with Crippen molar-refractivity contribution in [2.45, 2.75) is 39.7 Å². The number of amides is 1. The SMILES string of the molecule is CCC(CC)(CN)C(=O)NC(C)C(=O)OC. The molecule has 0 spiro atoms. The van der Waals surface area contributed by atoms with Gasteiger partial charge in [-0.05, 0) is 19.8 Å². The van der Waals surface area contributed by atoms with Gasteiger partial charge in [0.1, 0.15) is 6.04 Å². The number of hydrogen-bond donors (Lipinski definition) is 2. The Labute approximate surface area is 96.7 Å². The fourth-order valence-corrected chi connectivity index (χ4v) is 1.54. The average molecular weight is 230 g/mol. The highest BCUT2D eigenvalue weighted by Gasteiger charge is 2.34. The number of esters is 1. The molecule has 3 N–H and O–H groups in total. The summed E-state index contributed by atoms with van der Waals surface area (Å²) in [5.41, 5.74) is 5.06. The molecule has 1 atom stereocenters. The lowest BCUT2D eigenvalue weighted by molar-refractivity contribution is -0.146. The molecule has 0 fully saturated rings. The van der Waals surface area contributed by atoms with Crippen LogP contribution in [-0.4, -0.2) is 31.6 Å². The normalized spacial score (nSPS) is 13.1. The van der Waals surface area contributed by atoms with Gasteiger partial charge in [-0.2, -0.15) is 0 Å². The third-order valence-corrected chi connectivity index (χ3v) is 3.13. The summed E-state index contributed by atoms with van der Waals surface area (Å²) in [5, 5.41) is 2.63. The fourth-order valence-electron chi connectivity index (χ4n) is 1.54. The van der Waals surface area contributed by atoms with E-state index >= 15 is 0 Å². The Hall–Kier alpha value is -1.10. The van der Waals surface area contributed by atoms with Crippen molar-refractivity contribution in [3.05, 3.63) is 0 Å². The molecule has 0 heterocycles. The van der Waals surface area contributed by atoms with Gasteiger partial charge < -0.3 is 15.8 Å². The molecule has 16 heavy (non-hydrogen) atoms. The van der Waals surface area contributed by atoms with Crippen LogP contribution in [0.4, 0.5) is 0 Å². The van der Waals surface area contributed by atoms with E-state index in [9.17, 15) is 9.59 Å². The highest BCUT2D eigenvalue weighted by Crippen LogP contribution is 2.25. The number of carbonyl (C=O) groups is 2. The average Bonchev–Trinajstić information content (AvgIpc) is 2.30. The Bertz CT molecular complexity index is 241. The Morgan fingerprint density at radius 1 is 1.38 bits per heavy atom. The minimum absolute atomic E-state index is 0.182. The summed E-state index contributed by atoms with van der Waals surface area (Å²) in [7, 11) is 1.29. The van der Waals surface area contributed by atoms with E-state index in [1.165, 1.54) is 7.11 Å². The van der Waals surface area contributed by atoms with Crippen LogP contribution in [0.5, 0.6) is 0 Å². The van der Waals surface area contributed by atoms with Crippen molar-refractivity contribution < 1.29 is 14.3 Å². The fraction of sp³-hybridized carbons (Fsp3) is 0.818. The molecule has 94 valence electrons. The van der Waals surface area contributed by atoms with Gasteiger partial charge in [0, 0.05) is 6.54 Å². The molecule has 0 aliphatic rings. The summed E-state index contributed by atoms with van der Waals surface area (Å²) in [6.07, 6.45) is 1.31. The van der Waals surface area contributed by atoms with Gasteiger partial charge in [-0.15, -0.1) is 0 Å². The molecule has 0 aromatic carbocycles. The van der Waals surface area contributed by atoms with Crippen LogP contribution in [0, 0.1) is 5.41 Å². The van der Waals surface area contributed by atoms with Crippen LogP contribution >= 0.6 is 0 Å². The van der Waals surface area contributed by atoms with E-state index < -0.39 is 17.4 Å². The predicted molar refractivity (Wildman–Crippen MR) is 61.7 cm³/mol. The summed E-state index contributed by atoms with van der Waals surface area (Å²) in [6.45, 7) is 5.70. The summed E-state index contributed by atoms with van der Waals surface area (Å²) in [5.74, 6) is -0.635. The summed E-state index contributed by atoms with van der Waals surface area (Å²) in [4.78, 5) is 23.2. The van der Waals surface area contributed by atoms with E-state index in [0.29, 0.717) is 12.8 Å². The minimum Gasteiger partial charge on any atom is -0.467 e. The maximum absolute atomic E-state index is 12.0. The van der Waals surface area contributed by atoms with Crippen LogP contribution in [-0.2, 0) is 14.3 Å². The lowest BCUT2D eigenvalue weighted by atomic mass is 9.81.